The molecule has 0 bridgehead atoms. The fourth-order valence-electron chi connectivity index (χ4n) is 2.16. The van der Waals surface area contributed by atoms with Crippen molar-refractivity contribution in [3.05, 3.63) is 41.6 Å². The van der Waals surface area contributed by atoms with Gasteiger partial charge in [0, 0.05) is 25.0 Å². The molecule has 3 heterocycles. The van der Waals surface area contributed by atoms with Crippen LogP contribution in [0, 0.1) is 6.92 Å². The van der Waals surface area contributed by atoms with Gasteiger partial charge in [0.2, 0.25) is 0 Å². The van der Waals surface area contributed by atoms with Crippen LogP contribution in [0.3, 0.4) is 0 Å². The monoisotopic (exact) mass is 275 g/mol. The maximum absolute atomic E-state index is 5.98. The summed E-state index contributed by atoms with van der Waals surface area (Å²) in [6.07, 6.45) is 5.68. The lowest BCUT2D eigenvalue weighted by molar-refractivity contribution is 0.756. The van der Waals surface area contributed by atoms with Crippen LogP contribution in [0.1, 0.15) is 17.0 Å². The number of nitrogens with zero attached hydrogens (tertiary/aromatic N) is 5. The molecule has 0 fully saturated rings. The molecule has 6 heteroatoms. The number of hydrogen-bond acceptors (Lipinski definition) is 3. The van der Waals surface area contributed by atoms with E-state index in [1.165, 1.54) is 0 Å². The van der Waals surface area contributed by atoms with E-state index >= 15 is 0 Å². The fraction of sp³-hybridized carbons (Fsp3) is 0.308. The Labute approximate surface area is 115 Å². The number of aromatic nitrogens is 5. The Hall–Kier alpha value is -1.88. The number of pyridine rings is 1. The van der Waals surface area contributed by atoms with Crippen LogP contribution in [-0.2, 0) is 19.5 Å². The van der Waals surface area contributed by atoms with Gasteiger partial charge in [-0.1, -0.05) is 0 Å². The molecule has 5 nitrogen and oxygen atoms in total. The Morgan fingerprint density at radius 2 is 2.16 bits per heavy atom. The third-order valence-electron chi connectivity index (χ3n) is 3.02. The Morgan fingerprint density at radius 1 is 1.32 bits per heavy atom. The summed E-state index contributed by atoms with van der Waals surface area (Å²) in [7, 11) is 1.90. The van der Waals surface area contributed by atoms with E-state index < -0.39 is 0 Å². The molecular weight excluding hydrogens is 262 g/mol. The second-order valence-electron chi connectivity index (χ2n) is 4.63. The van der Waals surface area contributed by atoms with Crippen LogP contribution in [0.2, 0.25) is 0 Å². The molecular formula is C13H14ClN5. The molecule has 0 aliphatic heterocycles. The predicted octanol–water partition coefficient (Wildman–Crippen LogP) is 2.26. The molecule has 0 saturated heterocycles. The standard InChI is InChI=1S/C13H14ClN5/c1-9-3-11-13(15-5-9)19(12(4-14)17-11)8-10-6-16-18(2)7-10/h3,5-7H,4,8H2,1-2H3. The quantitative estimate of drug-likeness (QED) is 0.689. The van der Waals surface area contributed by atoms with Gasteiger partial charge in [-0.2, -0.15) is 5.10 Å². The third-order valence-corrected chi connectivity index (χ3v) is 3.26. The predicted molar refractivity (Wildman–Crippen MR) is 74.1 cm³/mol. The van der Waals surface area contributed by atoms with Gasteiger partial charge in [-0.3, -0.25) is 4.68 Å². The van der Waals surface area contributed by atoms with E-state index in [0.29, 0.717) is 12.4 Å². The molecule has 0 aromatic carbocycles. The first-order valence-electron chi connectivity index (χ1n) is 6.02. The summed E-state index contributed by atoms with van der Waals surface area (Å²) in [4.78, 5) is 9.00. The Bertz CT molecular complexity index is 728. The first-order chi connectivity index (χ1) is 9.17. The van der Waals surface area contributed by atoms with Crippen molar-refractivity contribution in [1.82, 2.24) is 24.3 Å². The molecule has 0 aliphatic rings. The average molecular weight is 276 g/mol. The smallest absolute Gasteiger partial charge is 0.160 e. The summed E-state index contributed by atoms with van der Waals surface area (Å²) in [6, 6.07) is 2.03. The average Bonchev–Trinajstić information content (AvgIpc) is 2.94. The van der Waals surface area contributed by atoms with Gasteiger partial charge < -0.3 is 4.57 Å². The second kappa shape index (κ2) is 4.66. The summed E-state index contributed by atoms with van der Waals surface area (Å²) in [5.74, 6) is 1.20. The molecule has 0 atom stereocenters. The molecule has 3 aromatic heterocycles. The molecule has 0 radical (unpaired) electrons. The van der Waals surface area contributed by atoms with Crippen LogP contribution in [0.25, 0.3) is 11.2 Å². The molecule has 0 spiro atoms. The highest BCUT2D eigenvalue weighted by atomic mass is 35.5. The Morgan fingerprint density at radius 3 is 2.84 bits per heavy atom. The Balaban J connectivity index is 2.10. The second-order valence-corrected chi connectivity index (χ2v) is 4.89. The van der Waals surface area contributed by atoms with Crippen LogP contribution < -0.4 is 0 Å². The minimum absolute atomic E-state index is 0.371. The number of hydrogen-bond donors (Lipinski definition) is 0. The van der Waals surface area contributed by atoms with Crippen molar-refractivity contribution in [2.24, 2.45) is 7.05 Å². The van der Waals surface area contributed by atoms with Crippen molar-refractivity contribution in [1.29, 1.82) is 0 Å². The fourth-order valence-corrected chi connectivity index (χ4v) is 2.37. The topological polar surface area (TPSA) is 48.5 Å². The van der Waals surface area contributed by atoms with Crippen LogP contribution in [0.15, 0.2) is 24.7 Å². The van der Waals surface area contributed by atoms with E-state index in [1.807, 2.05) is 43.2 Å². The number of rotatable bonds is 3. The van der Waals surface area contributed by atoms with Crippen molar-refractivity contribution in [3.63, 3.8) is 0 Å². The molecule has 0 amide bonds. The first-order valence-corrected chi connectivity index (χ1v) is 6.56. The normalized spacial score (nSPS) is 11.3. The zero-order valence-electron chi connectivity index (χ0n) is 10.8. The van der Waals surface area contributed by atoms with Gasteiger partial charge in [-0.15, -0.1) is 11.6 Å². The van der Waals surface area contributed by atoms with E-state index in [0.717, 1.165) is 28.1 Å². The molecule has 0 unspecified atom stereocenters. The Kier molecular flexibility index (Phi) is 2.98. The van der Waals surface area contributed by atoms with E-state index in [9.17, 15) is 0 Å². The number of aryl methyl sites for hydroxylation is 2. The summed E-state index contributed by atoms with van der Waals surface area (Å²) in [6.45, 7) is 2.69. The number of fused-ring (bicyclic) bond motifs is 1. The molecule has 3 rings (SSSR count). The van der Waals surface area contributed by atoms with Crippen LogP contribution in [0.4, 0.5) is 0 Å². The number of halogens is 1. The number of alkyl halides is 1. The highest BCUT2D eigenvalue weighted by Crippen LogP contribution is 2.18. The molecule has 98 valence electrons. The molecule has 0 N–H and O–H groups in total. The van der Waals surface area contributed by atoms with Crippen molar-refractivity contribution < 1.29 is 0 Å². The summed E-state index contributed by atoms with van der Waals surface area (Å²) < 4.78 is 3.82. The van der Waals surface area contributed by atoms with Crippen LogP contribution in [0.5, 0.6) is 0 Å². The summed E-state index contributed by atoms with van der Waals surface area (Å²) in [5.41, 5.74) is 3.96. The third kappa shape index (κ3) is 2.21. The zero-order chi connectivity index (χ0) is 13.4. The minimum atomic E-state index is 0.371. The lowest BCUT2D eigenvalue weighted by Gasteiger charge is -2.04. The van der Waals surface area contributed by atoms with Gasteiger partial charge >= 0.3 is 0 Å². The lowest BCUT2D eigenvalue weighted by atomic mass is 10.3. The van der Waals surface area contributed by atoms with E-state index in [-0.39, 0.29) is 0 Å². The van der Waals surface area contributed by atoms with Gasteiger partial charge in [0.1, 0.15) is 11.3 Å². The zero-order valence-corrected chi connectivity index (χ0v) is 11.6. The SMILES string of the molecule is Cc1cnc2c(c1)nc(CCl)n2Cc1cnn(C)c1. The molecule has 19 heavy (non-hydrogen) atoms. The summed E-state index contributed by atoms with van der Waals surface area (Å²) >= 11 is 5.98. The van der Waals surface area contributed by atoms with E-state index in [4.69, 9.17) is 11.6 Å². The van der Waals surface area contributed by atoms with Gasteiger partial charge in [0.15, 0.2) is 5.65 Å². The highest BCUT2D eigenvalue weighted by Gasteiger charge is 2.12. The van der Waals surface area contributed by atoms with Crippen molar-refractivity contribution in [2.75, 3.05) is 0 Å². The van der Waals surface area contributed by atoms with Gasteiger partial charge in [0.05, 0.1) is 18.6 Å². The highest BCUT2D eigenvalue weighted by molar-refractivity contribution is 6.16. The molecule has 0 saturated carbocycles. The van der Waals surface area contributed by atoms with Gasteiger partial charge in [0.25, 0.3) is 0 Å². The van der Waals surface area contributed by atoms with Crippen molar-refractivity contribution in [3.8, 4) is 0 Å². The molecule has 0 aliphatic carbocycles. The molecule has 3 aromatic rings. The largest absolute Gasteiger partial charge is 0.307 e. The van der Waals surface area contributed by atoms with Crippen molar-refractivity contribution >= 4 is 22.8 Å². The first kappa shape index (κ1) is 12.2. The maximum Gasteiger partial charge on any atom is 0.160 e. The van der Waals surface area contributed by atoms with Crippen LogP contribution in [-0.4, -0.2) is 24.3 Å². The lowest BCUT2D eigenvalue weighted by Crippen LogP contribution is -2.04. The van der Waals surface area contributed by atoms with Gasteiger partial charge in [-0.05, 0) is 18.6 Å². The number of imidazole rings is 1. The van der Waals surface area contributed by atoms with Crippen LogP contribution >= 0.6 is 11.6 Å². The summed E-state index contributed by atoms with van der Waals surface area (Å²) in [5, 5.41) is 4.18. The van der Waals surface area contributed by atoms with Gasteiger partial charge in [-0.25, -0.2) is 9.97 Å². The van der Waals surface area contributed by atoms with Crippen molar-refractivity contribution in [2.45, 2.75) is 19.3 Å². The minimum Gasteiger partial charge on any atom is -0.307 e. The van der Waals surface area contributed by atoms with E-state index in [1.54, 1.807) is 4.68 Å². The van der Waals surface area contributed by atoms with E-state index in [2.05, 4.69) is 15.1 Å². The maximum atomic E-state index is 5.98.